The zero-order valence-electron chi connectivity index (χ0n) is 13.8. The average Bonchev–Trinajstić information content (AvgIpc) is 2.82. The number of nitrogens with zero attached hydrogens (tertiary/aromatic N) is 1. The van der Waals surface area contributed by atoms with E-state index in [1.54, 1.807) is 12.1 Å². The Morgan fingerprint density at radius 1 is 1.20 bits per heavy atom. The molecule has 0 saturated carbocycles. The molecule has 132 valence electrons. The number of nitro groups is 1. The highest BCUT2D eigenvalue weighted by Gasteiger charge is 2.33. The molecule has 0 aromatic heterocycles. The summed E-state index contributed by atoms with van der Waals surface area (Å²) in [6.45, 7) is 3.84. The molecule has 7 nitrogen and oxygen atoms in total. The van der Waals surface area contributed by atoms with E-state index in [9.17, 15) is 18.5 Å². The van der Waals surface area contributed by atoms with Gasteiger partial charge in [-0.1, -0.05) is 24.3 Å². The smallest absolute Gasteiger partial charge is 0.313 e. The molecule has 0 amide bonds. The average molecular weight is 363 g/mol. The first-order valence-electron chi connectivity index (χ1n) is 7.62. The van der Waals surface area contributed by atoms with Gasteiger partial charge >= 0.3 is 10.1 Å². The normalized spacial score (nSPS) is 15.3. The third kappa shape index (κ3) is 3.90. The topological polar surface area (TPSA) is 95.7 Å². The first-order valence-corrected chi connectivity index (χ1v) is 9.19. The Morgan fingerprint density at radius 3 is 2.52 bits per heavy atom. The lowest BCUT2D eigenvalue weighted by Crippen LogP contribution is -2.25. The molecular weight excluding hydrogens is 346 g/mol. The maximum absolute atomic E-state index is 12.3. The number of para-hydroxylation sites is 1. The molecule has 2 aromatic rings. The van der Waals surface area contributed by atoms with Gasteiger partial charge in [-0.15, -0.1) is 0 Å². The van der Waals surface area contributed by atoms with E-state index in [0.717, 1.165) is 5.56 Å². The fraction of sp³-hybridized carbons (Fsp3) is 0.294. The van der Waals surface area contributed by atoms with Crippen LogP contribution in [0, 0.1) is 10.1 Å². The summed E-state index contributed by atoms with van der Waals surface area (Å²) in [6.07, 6.45) is 0.669. The van der Waals surface area contributed by atoms with Crippen molar-refractivity contribution in [1.82, 2.24) is 0 Å². The number of non-ortho nitro benzene ring substituents is 1. The lowest BCUT2D eigenvalue weighted by atomic mass is 10.0. The molecule has 3 rings (SSSR count). The van der Waals surface area contributed by atoms with Crippen molar-refractivity contribution in [2.45, 2.75) is 31.6 Å². The fourth-order valence-electron chi connectivity index (χ4n) is 2.74. The SMILES string of the molecule is CC1(C)Cc2cccc(OS(=O)(=O)Cc3ccc([N+](=O)[O-])cc3)c2O1. The van der Waals surface area contributed by atoms with Crippen LogP contribution in [0.25, 0.3) is 0 Å². The minimum atomic E-state index is -3.93. The molecule has 0 aliphatic carbocycles. The minimum absolute atomic E-state index is 0.0985. The van der Waals surface area contributed by atoms with Crippen LogP contribution < -0.4 is 8.92 Å². The Hall–Kier alpha value is -2.61. The Bertz CT molecular complexity index is 919. The summed E-state index contributed by atoms with van der Waals surface area (Å²) < 4.78 is 35.7. The molecule has 8 heteroatoms. The highest BCUT2D eigenvalue weighted by atomic mass is 32.2. The maximum atomic E-state index is 12.3. The lowest BCUT2D eigenvalue weighted by molar-refractivity contribution is -0.384. The zero-order chi connectivity index (χ0) is 18.2. The third-order valence-corrected chi connectivity index (χ3v) is 4.88. The third-order valence-electron chi connectivity index (χ3n) is 3.76. The van der Waals surface area contributed by atoms with Crippen LogP contribution in [0.5, 0.6) is 11.5 Å². The molecule has 1 aliphatic rings. The molecule has 0 atom stereocenters. The summed E-state index contributed by atoms with van der Waals surface area (Å²) in [5, 5.41) is 10.6. The molecule has 1 heterocycles. The van der Waals surface area contributed by atoms with Gasteiger partial charge in [0, 0.05) is 24.1 Å². The monoisotopic (exact) mass is 363 g/mol. The Balaban J connectivity index is 1.79. The van der Waals surface area contributed by atoms with Gasteiger partial charge in [-0.25, -0.2) is 0 Å². The van der Waals surface area contributed by atoms with Crippen LogP contribution in [0.2, 0.25) is 0 Å². The van der Waals surface area contributed by atoms with Gasteiger partial charge in [0.1, 0.15) is 11.4 Å². The first-order chi connectivity index (χ1) is 11.7. The van der Waals surface area contributed by atoms with Crippen molar-refractivity contribution < 1.29 is 22.3 Å². The van der Waals surface area contributed by atoms with Gasteiger partial charge in [0.25, 0.3) is 5.69 Å². The van der Waals surface area contributed by atoms with E-state index in [4.69, 9.17) is 8.92 Å². The van der Waals surface area contributed by atoms with E-state index in [0.29, 0.717) is 17.7 Å². The predicted molar refractivity (Wildman–Crippen MR) is 91.2 cm³/mol. The second kappa shape index (κ2) is 6.03. The summed E-state index contributed by atoms with van der Waals surface area (Å²) in [5.74, 6) is 0.211. The van der Waals surface area contributed by atoms with Crippen molar-refractivity contribution in [2.75, 3.05) is 0 Å². The van der Waals surface area contributed by atoms with Crippen molar-refractivity contribution in [2.24, 2.45) is 0 Å². The van der Waals surface area contributed by atoms with E-state index in [2.05, 4.69) is 0 Å². The van der Waals surface area contributed by atoms with Gasteiger partial charge in [0.05, 0.1) is 4.92 Å². The van der Waals surface area contributed by atoms with E-state index in [1.807, 2.05) is 19.9 Å². The van der Waals surface area contributed by atoms with Crippen molar-refractivity contribution in [3.05, 3.63) is 63.7 Å². The first kappa shape index (κ1) is 17.2. The number of benzene rings is 2. The van der Waals surface area contributed by atoms with Crippen LogP contribution in [0.15, 0.2) is 42.5 Å². The zero-order valence-corrected chi connectivity index (χ0v) is 14.6. The van der Waals surface area contributed by atoms with Gasteiger partial charge in [-0.3, -0.25) is 10.1 Å². The Kier molecular flexibility index (Phi) is 4.16. The lowest BCUT2D eigenvalue weighted by Gasteiger charge is -2.18. The molecule has 0 N–H and O–H groups in total. The van der Waals surface area contributed by atoms with E-state index >= 15 is 0 Å². The molecule has 0 bridgehead atoms. The molecule has 0 radical (unpaired) electrons. The number of rotatable bonds is 5. The van der Waals surface area contributed by atoms with Gasteiger partial charge in [-0.2, -0.15) is 8.42 Å². The van der Waals surface area contributed by atoms with Gasteiger partial charge in [0.2, 0.25) is 0 Å². The van der Waals surface area contributed by atoms with E-state index in [1.165, 1.54) is 24.3 Å². The number of nitro benzene ring substituents is 1. The van der Waals surface area contributed by atoms with Gasteiger partial charge in [0.15, 0.2) is 11.5 Å². The quantitative estimate of drug-likeness (QED) is 0.460. The number of hydrogen-bond acceptors (Lipinski definition) is 6. The predicted octanol–water partition coefficient (Wildman–Crippen LogP) is 3.22. The summed E-state index contributed by atoms with van der Waals surface area (Å²) in [5.41, 5.74) is 0.787. The molecule has 25 heavy (non-hydrogen) atoms. The van der Waals surface area contributed by atoms with Crippen molar-refractivity contribution in [3.8, 4) is 11.5 Å². The highest BCUT2D eigenvalue weighted by molar-refractivity contribution is 7.86. The van der Waals surface area contributed by atoms with Crippen molar-refractivity contribution >= 4 is 15.8 Å². The number of ether oxygens (including phenoxy) is 1. The minimum Gasteiger partial charge on any atom is -0.483 e. The summed E-state index contributed by atoms with van der Waals surface area (Å²) in [7, 11) is -3.93. The van der Waals surface area contributed by atoms with E-state index in [-0.39, 0.29) is 11.4 Å². The Labute approximate surface area is 145 Å². The van der Waals surface area contributed by atoms with Crippen LogP contribution in [-0.2, 0) is 22.3 Å². The van der Waals surface area contributed by atoms with Crippen LogP contribution in [0.1, 0.15) is 25.0 Å². The standard InChI is InChI=1S/C17H17NO6S/c1-17(2)10-13-4-3-5-15(16(13)23-17)24-25(21,22)11-12-6-8-14(9-7-12)18(19)20/h3-9H,10-11H2,1-2H3. The maximum Gasteiger partial charge on any atom is 0.313 e. The molecule has 1 aliphatic heterocycles. The molecule has 0 unspecified atom stereocenters. The van der Waals surface area contributed by atoms with Crippen LogP contribution in [0.3, 0.4) is 0 Å². The number of hydrogen-bond donors (Lipinski definition) is 0. The highest BCUT2D eigenvalue weighted by Crippen LogP contribution is 2.42. The molecule has 0 fully saturated rings. The van der Waals surface area contributed by atoms with Gasteiger partial charge < -0.3 is 8.92 Å². The Morgan fingerprint density at radius 2 is 1.88 bits per heavy atom. The molecule has 0 saturated heterocycles. The molecular formula is C17H17NO6S. The van der Waals surface area contributed by atoms with Gasteiger partial charge in [-0.05, 0) is 25.5 Å². The summed E-state index contributed by atoms with van der Waals surface area (Å²) in [6, 6.07) is 10.5. The van der Waals surface area contributed by atoms with Crippen LogP contribution >= 0.6 is 0 Å². The van der Waals surface area contributed by atoms with Crippen molar-refractivity contribution in [3.63, 3.8) is 0 Å². The second-order valence-corrected chi connectivity index (χ2v) is 8.06. The largest absolute Gasteiger partial charge is 0.483 e. The summed E-state index contributed by atoms with van der Waals surface area (Å²) >= 11 is 0. The fourth-order valence-corrected chi connectivity index (χ4v) is 3.80. The molecule has 2 aromatic carbocycles. The van der Waals surface area contributed by atoms with Crippen LogP contribution in [-0.4, -0.2) is 18.9 Å². The van der Waals surface area contributed by atoms with E-state index < -0.39 is 26.4 Å². The second-order valence-electron chi connectivity index (χ2n) is 6.49. The summed E-state index contributed by atoms with van der Waals surface area (Å²) in [4.78, 5) is 10.1. The number of fused-ring (bicyclic) bond motifs is 1. The van der Waals surface area contributed by atoms with Crippen LogP contribution in [0.4, 0.5) is 5.69 Å². The van der Waals surface area contributed by atoms with Crippen molar-refractivity contribution in [1.29, 1.82) is 0 Å². The molecule has 0 spiro atoms.